The van der Waals surface area contributed by atoms with Gasteiger partial charge >= 0.3 is 11.9 Å². The largest absolute Gasteiger partial charge is 0.481 e. The second-order valence-electron chi connectivity index (χ2n) is 2.80. The predicted octanol–water partition coefficient (Wildman–Crippen LogP) is 0.723. The Hall–Kier alpha value is -1.32. The van der Waals surface area contributed by atoms with E-state index >= 15 is 0 Å². The fourth-order valence-corrected chi connectivity index (χ4v) is 1.06. The van der Waals surface area contributed by atoms with Crippen LogP contribution in [-0.2, 0) is 14.3 Å². The molecule has 0 bridgehead atoms. The Balaban J connectivity index is 2.73. The van der Waals surface area contributed by atoms with Crippen molar-refractivity contribution >= 4 is 11.9 Å². The average Bonchev–Trinajstić information content (AvgIpc) is 2.17. The number of carbonyl (C=O) groups excluding carboxylic acids is 1. The van der Waals surface area contributed by atoms with Crippen LogP contribution >= 0.6 is 0 Å². The van der Waals surface area contributed by atoms with Gasteiger partial charge in [-0.15, -0.1) is 0 Å². The molecule has 1 heterocycles. The van der Waals surface area contributed by atoms with E-state index in [-0.39, 0.29) is 6.42 Å². The van der Waals surface area contributed by atoms with Crippen LogP contribution < -0.4 is 0 Å². The third-order valence-corrected chi connectivity index (χ3v) is 1.99. The SMILES string of the molecule is CC1=C(C)C(CC(=O)O)OC1=O. The van der Waals surface area contributed by atoms with E-state index in [4.69, 9.17) is 9.84 Å². The number of hydrogen-bond acceptors (Lipinski definition) is 3. The summed E-state index contributed by atoms with van der Waals surface area (Å²) in [5.74, 6) is -1.36. The molecule has 1 aliphatic rings. The molecule has 0 saturated heterocycles. The van der Waals surface area contributed by atoms with Gasteiger partial charge in [0.2, 0.25) is 0 Å². The maximum atomic E-state index is 10.9. The molecule has 0 fully saturated rings. The third kappa shape index (κ3) is 1.47. The lowest BCUT2D eigenvalue weighted by molar-refractivity contribution is -0.145. The van der Waals surface area contributed by atoms with Crippen LogP contribution in [0.4, 0.5) is 0 Å². The molecule has 4 nitrogen and oxygen atoms in total. The van der Waals surface area contributed by atoms with Crippen molar-refractivity contribution in [3.63, 3.8) is 0 Å². The number of rotatable bonds is 2. The molecule has 1 unspecified atom stereocenters. The Morgan fingerprint density at radius 1 is 1.58 bits per heavy atom. The van der Waals surface area contributed by atoms with Gasteiger partial charge in [-0.05, 0) is 19.4 Å². The van der Waals surface area contributed by atoms with Crippen molar-refractivity contribution < 1.29 is 19.4 Å². The minimum atomic E-state index is -0.957. The van der Waals surface area contributed by atoms with Crippen LogP contribution in [0, 0.1) is 0 Å². The predicted molar refractivity (Wildman–Crippen MR) is 40.5 cm³/mol. The van der Waals surface area contributed by atoms with Crippen LogP contribution in [-0.4, -0.2) is 23.1 Å². The van der Waals surface area contributed by atoms with Crippen molar-refractivity contribution in [3.05, 3.63) is 11.1 Å². The number of carboxylic acids is 1. The minimum Gasteiger partial charge on any atom is -0.481 e. The summed E-state index contributed by atoms with van der Waals surface area (Å²) in [4.78, 5) is 21.2. The van der Waals surface area contributed by atoms with Gasteiger partial charge in [0, 0.05) is 5.57 Å². The summed E-state index contributed by atoms with van der Waals surface area (Å²) in [6.45, 7) is 3.35. The highest BCUT2D eigenvalue weighted by molar-refractivity contribution is 5.92. The van der Waals surface area contributed by atoms with Crippen LogP contribution in [0.15, 0.2) is 11.1 Å². The summed E-state index contributed by atoms with van der Waals surface area (Å²) < 4.78 is 4.80. The summed E-state index contributed by atoms with van der Waals surface area (Å²) in [7, 11) is 0. The molecule has 1 rings (SSSR count). The summed E-state index contributed by atoms with van der Waals surface area (Å²) in [6, 6.07) is 0. The molecule has 1 N–H and O–H groups in total. The van der Waals surface area contributed by atoms with E-state index in [9.17, 15) is 9.59 Å². The number of aliphatic carboxylic acids is 1. The van der Waals surface area contributed by atoms with Crippen molar-refractivity contribution in [2.24, 2.45) is 0 Å². The molecule has 12 heavy (non-hydrogen) atoms. The molecule has 1 aliphatic heterocycles. The van der Waals surface area contributed by atoms with Crippen molar-refractivity contribution in [1.29, 1.82) is 0 Å². The van der Waals surface area contributed by atoms with Crippen molar-refractivity contribution in [3.8, 4) is 0 Å². The van der Waals surface area contributed by atoms with E-state index < -0.39 is 18.0 Å². The summed E-state index contributed by atoms with van der Waals surface area (Å²) >= 11 is 0. The number of cyclic esters (lactones) is 1. The zero-order chi connectivity index (χ0) is 9.30. The van der Waals surface area contributed by atoms with Crippen LogP contribution in [0.3, 0.4) is 0 Å². The van der Waals surface area contributed by atoms with E-state index in [0.717, 1.165) is 5.57 Å². The highest BCUT2D eigenvalue weighted by Crippen LogP contribution is 2.23. The maximum absolute atomic E-state index is 10.9. The van der Waals surface area contributed by atoms with E-state index in [1.54, 1.807) is 13.8 Å². The molecule has 0 aromatic carbocycles. The lowest BCUT2D eigenvalue weighted by Crippen LogP contribution is -2.15. The van der Waals surface area contributed by atoms with Crippen LogP contribution in [0.1, 0.15) is 20.3 Å². The van der Waals surface area contributed by atoms with Crippen LogP contribution in [0.25, 0.3) is 0 Å². The van der Waals surface area contributed by atoms with Gasteiger partial charge in [0.15, 0.2) is 0 Å². The number of ether oxygens (including phenoxy) is 1. The van der Waals surface area contributed by atoms with Gasteiger partial charge in [0.1, 0.15) is 6.10 Å². The van der Waals surface area contributed by atoms with E-state index in [1.807, 2.05) is 0 Å². The zero-order valence-electron chi connectivity index (χ0n) is 6.96. The van der Waals surface area contributed by atoms with Gasteiger partial charge in [-0.2, -0.15) is 0 Å². The monoisotopic (exact) mass is 170 g/mol. The van der Waals surface area contributed by atoms with E-state index in [1.165, 1.54) is 0 Å². The number of carboxylic acid groups (broad SMARTS) is 1. The summed E-state index contributed by atoms with van der Waals surface area (Å²) in [5.41, 5.74) is 1.25. The molecule has 0 aliphatic carbocycles. The third-order valence-electron chi connectivity index (χ3n) is 1.99. The zero-order valence-corrected chi connectivity index (χ0v) is 6.96. The molecule has 0 aromatic heterocycles. The second kappa shape index (κ2) is 2.97. The first-order valence-corrected chi connectivity index (χ1v) is 3.62. The minimum absolute atomic E-state index is 0.144. The molecule has 0 radical (unpaired) electrons. The van der Waals surface area contributed by atoms with Crippen molar-refractivity contribution in [2.75, 3.05) is 0 Å². The highest BCUT2D eigenvalue weighted by atomic mass is 16.5. The average molecular weight is 170 g/mol. The topological polar surface area (TPSA) is 63.6 Å². The summed E-state index contributed by atoms with van der Waals surface area (Å²) in [5, 5.41) is 8.45. The van der Waals surface area contributed by atoms with Gasteiger partial charge in [0.25, 0.3) is 0 Å². The number of esters is 1. The van der Waals surface area contributed by atoms with Crippen molar-refractivity contribution in [2.45, 2.75) is 26.4 Å². The lowest BCUT2D eigenvalue weighted by atomic mass is 10.1. The van der Waals surface area contributed by atoms with Gasteiger partial charge < -0.3 is 9.84 Å². The Morgan fingerprint density at radius 2 is 2.17 bits per heavy atom. The molecule has 0 aromatic rings. The normalized spacial score (nSPS) is 22.8. The van der Waals surface area contributed by atoms with Gasteiger partial charge in [0.05, 0.1) is 6.42 Å². The fourth-order valence-electron chi connectivity index (χ4n) is 1.06. The Morgan fingerprint density at radius 3 is 2.50 bits per heavy atom. The van der Waals surface area contributed by atoms with E-state index in [2.05, 4.69) is 0 Å². The van der Waals surface area contributed by atoms with E-state index in [0.29, 0.717) is 5.57 Å². The molecular weight excluding hydrogens is 160 g/mol. The fraction of sp³-hybridized carbons (Fsp3) is 0.500. The molecule has 0 amide bonds. The van der Waals surface area contributed by atoms with Crippen molar-refractivity contribution in [1.82, 2.24) is 0 Å². The Labute approximate surface area is 69.8 Å². The van der Waals surface area contributed by atoms with Gasteiger partial charge in [-0.1, -0.05) is 0 Å². The first-order valence-electron chi connectivity index (χ1n) is 3.62. The van der Waals surface area contributed by atoms with Gasteiger partial charge in [-0.25, -0.2) is 4.79 Å². The molecule has 4 heteroatoms. The van der Waals surface area contributed by atoms with Crippen LogP contribution in [0.5, 0.6) is 0 Å². The lowest BCUT2D eigenvalue weighted by Gasteiger charge is -2.07. The van der Waals surface area contributed by atoms with Crippen LogP contribution in [0.2, 0.25) is 0 Å². The van der Waals surface area contributed by atoms with Gasteiger partial charge in [-0.3, -0.25) is 4.79 Å². The second-order valence-corrected chi connectivity index (χ2v) is 2.80. The smallest absolute Gasteiger partial charge is 0.334 e. The Bertz CT molecular complexity index is 264. The molecule has 0 saturated carbocycles. The number of hydrogen-bond donors (Lipinski definition) is 1. The molecule has 0 spiro atoms. The number of carbonyl (C=O) groups is 2. The molecule has 66 valence electrons. The molecule has 1 atom stereocenters. The Kier molecular flexibility index (Phi) is 2.17. The first kappa shape index (κ1) is 8.77. The first-order chi connectivity index (χ1) is 5.52. The summed E-state index contributed by atoms with van der Waals surface area (Å²) in [6.07, 6.45) is -0.704. The highest BCUT2D eigenvalue weighted by Gasteiger charge is 2.29. The standard InChI is InChI=1S/C8H10O4/c1-4-5(2)8(11)12-6(4)3-7(9)10/h6H,3H2,1-2H3,(H,9,10). The quantitative estimate of drug-likeness (QED) is 0.620. The molecular formula is C8H10O4. The maximum Gasteiger partial charge on any atom is 0.334 e.